The number of nitrogens with one attached hydrogen (secondary N) is 1. The van der Waals surface area contributed by atoms with Gasteiger partial charge >= 0.3 is 0 Å². The third kappa shape index (κ3) is 4.86. The van der Waals surface area contributed by atoms with Gasteiger partial charge in [-0.3, -0.25) is 4.90 Å². The van der Waals surface area contributed by atoms with Crippen molar-refractivity contribution in [3.8, 4) is 33.5 Å². The lowest BCUT2D eigenvalue weighted by molar-refractivity contribution is -0.329. The van der Waals surface area contributed by atoms with Gasteiger partial charge in [0.25, 0.3) is 5.82 Å². The molecule has 0 aliphatic heterocycles. The number of hydrogen-bond acceptors (Lipinski definition) is 2. The number of halogens is 2. The molecule has 0 aliphatic rings. The number of anilines is 1. The van der Waals surface area contributed by atoms with E-state index in [0.29, 0.717) is 0 Å². The number of nitrogens with zero attached hydrogens (tertiary/aromatic N) is 2. The van der Waals surface area contributed by atoms with Crippen LogP contribution in [-0.4, -0.2) is 18.1 Å². The summed E-state index contributed by atoms with van der Waals surface area (Å²) in [6, 6.07) is 36.3. The largest absolute Gasteiger partial charge is 0.285 e. The van der Waals surface area contributed by atoms with Crippen LogP contribution in [0.4, 0.5) is 5.82 Å². The van der Waals surface area contributed by atoms with E-state index >= 15 is 0 Å². The molecule has 0 saturated carbocycles. The lowest BCUT2D eigenvalue weighted by Gasteiger charge is -2.21. The lowest BCUT2D eigenvalue weighted by atomic mass is 9.91. The molecule has 6 aromatic rings. The maximum absolute atomic E-state index is 5.32. The van der Waals surface area contributed by atoms with Gasteiger partial charge in [0.2, 0.25) is 0 Å². The monoisotopic (exact) mass is 636 g/mol. The Kier molecular flexibility index (Phi) is 7.20. The first kappa shape index (κ1) is 25.7. The van der Waals surface area contributed by atoms with Crippen molar-refractivity contribution in [2.75, 3.05) is 18.0 Å². The highest BCUT2D eigenvalue weighted by molar-refractivity contribution is 9.10. The summed E-state index contributed by atoms with van der Waals surface area (Å²) in [5.74, 6) is 1.08. The number of H-pyrrole nitrogens is 1. The maximum atomic E-state index is 5.32. The number of pyridine rings is 2. The maximum Gasteiger partial charge on any atom is 0.285 e. The predicted octanol–water partition coefficient (Wildman–Crippen LogP) is 9.57. The van der Waals surface area contributed by atoms with Gasteiger partial charge in [-0.15, -0.1) is 0 Å². The van der Waals surface area contributed by atoms with Crippen LogP contribution < -0.4 is 9.88 Å². The standard InChI is InChI=1S/C34H27Br2N3/c1-3-39(4-2)34-33(32(23-13-9-6-10-14-23)28-20-25(36)16-18-30(28)38-34)31-21-26(22-11-7-5-8-12-22)27-19-24(35)15-17-29(27)37-31/h5-21H,3-4H2,1-2H3/p+1. The Morgan fingerprint density at radius 3 is 1.95 bits per heavy atom. The molecule has 0 unspecified atom stereocenters. The fourth-order valence-electron chi connectivity index (χ4n) is 5.39. The summed E-state index contributed by atoms with van der Waals surface area (Å²) >= 11 is 7.42. The zero-order valence-corrected chi connectivity index (χ0v) is 25.1. The lowest BCUT2D eigenvalue weighted by Crippen LogP contribution is -2.30. The van der Waals surface area contributed by atoms with Crippen molar-refractivity contribution in [3.63, 3.8) is 0 Å². The van der Waals surface area contributed by atoms with Crippen molar-refractivity contribution in [3.05, 3.63) is 112 Å². The van der Waals surface area contributed by atoms with Crippen LogP contribution in [-0.2, 0) is 0 Å². The first-order valence-corrected chi connectivity index (χ1v) is 14.8. The first-order chi connectivity index (χ1) is 19.1. The number of rotatable bonds is 6. The Hall–Kier alpha value is -3.54. The van der Waals surface area contributed by atoms with Crippen molar-refractivity contribution in [2.45, 2.75) is 13.8 Å². The summed E-state index contributed by atoms with van der Waals surface area (Å²) < 4.78 is 2.09. The molecular weight excluding hydrogens is 610 g/mol. The second-order valence-corrected chi connectivity index (χ2v) is 11.4. The molecule has 0 amide bonds. The van der Waals surface area contributed by atoms with Gasteiger partial charge in [0, 0.05) is 25.3 Å². The highest BCUT2D eigenvalue weighted by atomic mass is 79.9. The number of aromatic amines is 1. The molecule has 0 fully saturated rings. The Morgan fingerprint density at radius 1 is 0.667 bits per heavy atom. The molecule has 2 aromatic heterocycles. The van der Waals surface area contributed by atoms with Gasteiger partial charge in [-0.2, -0.15) is 0 Å². The van der Waals surface area contributed by atoms with Crippen LogP contribution in [0.2, 0.25) is 0 Å². The molecule has 1 N–H and O–H groups in total. The minimum Gasteiger partial charge on any atom is -0.262 e. The molecule has 4 aromatic carbocycles. The Labute approximate surface area is 245 Å². The average molecular weight is 638 g/mol. The van der Waals surface area contributed by atoms with E-state index < -0.39 is 0 Å². The molecule has 0 atom stereocenters. The van der Waals surface area contributed by atoms with E-state index in [9.17, 15) is 0 Å². The molecule has 0 bridgehead atoms. The van der Waals surface area contributed by atoms with E-state index in [2.05, 4.69) is 159 Å². The van der Waals surface area contributed by atoms with Crippen molar-refractivity contribution in [1.82, 2.24) is 4.98 Å². The van der Waals surface area contributed by atoms with Crippen molar-refractivity contribution >= 4 is 59.5 Å². The summed E-state index contributed by atoms with van der Waals surface area (Å²) in [5.41, 5.74) is 8.79. The average Bonchev–Trinajstić information content (AvgIpc) is 2.97. The Bertz CT molecular complexity index is 1800. The van der Waals surface area contributed by atoms with Crippen LogP contribution in [0.25, 0.3) is 55.3 Å². The molecule has 0 radical (unpaired) electrons. The topological polar surface area (TPSA) is 30.3 Å². The predicted molar refractivity (Wildman–Crippen MR) is 171 cm³/mol. The molecule has 5 heteroatoms. The quantitative estimate of drug-likeness (QED) is 0.182. The molecule has 0 spiro atoms. The van der Waals surface area contributed by atoms with E-state index in [1.807, 2.05) is 0 Å². The van der Waals surface area contributed by atoms with E-state index in [0.717, 1.165) is 72.0 Å². The van der Waals surface area contributed by atoms with Crippen LogP contribution >= 0.6 is 31.9 Å². The number of benzene rings is 4. The Balaban J connectivity index is 1.79. The van der Waals surface area contributed by atoms with E-state index in [4.69, 9.17) is 4.98 Å². The molecule has 3 nitrogen and oxygen atoms in total. The highest BCUT2D eigenvalue weighted by Gasteiger charge is 2.28. The molecule has 39 heavy (non-hydrogen) atoms. The third-order valence-corrected chi connectivity index (χ3v) is 8.23. The second-order valence-electron chi connectivity index (χ2n) is 9.53. The zero-order valence-electron chi connectivity index (χ0n) is 21.9. The van der Waals surface area contributed by atoms with E-state index in [1.165, 1.54) is 11.1 Å². The molecule has 6 rings (SSSR count). The summed E-state index contributed by atoms with van der Waals surface area (Å²) in [5, 5.41) is 2.28. The first-order valence-electron chi connectivity index (χ1n) is 13.2. The van der Waals surface area contributed by atoms with Crippen LogP contribution in [0.1, 0.15) is 13.8 Å². The normalized spacial score (nSPS) is 11.3. The Morgan fingerprint density at radius 2 is 1.28 bits per heavy atom. The van der Waals surface area contributed by atoms with Crippen LogP contribution in [0.3, 0.4) is 0 Å². The van der Waals surface area contributed by atoms with Gasteiger partial charge in [-0.25, -0.2) is 9.97 Å². The van der Waals surface area contributed by atoms with Crippen LogP contribution in [0, 0.1) is 0 Å². The minimum absolute atomic E-state index is 0.877. The van der Waals surface area contributed by atoms with Gasteiger partial charge < -0.3 is 0 Å². The smallest absolute Gasteiger partial charge is 0.262 e. The zero-order chi connectivity index (χ0) is 26.9. The van der Waals surface area contributed by atoms with Gasteiger partial charge in [0.15, 0.2) is 0 Å². The van der Waals surface area contributed by atoms with Crippen LogP contribution in [0.15, 0.2) is 112 Å². The van der Waals surface area contributed by atoms with Crippen LogP contribution in [0.5, 0.6) is 0 Å². The van der Waals surface area contributed by atoms with E-state index in [-0.39, 0.29) is 0 Å². The fraction of sp³-hybridized carbons (Fsp3) is 0.118. The highest BCUT2D eigenvalue weighted by Crippen LogP contribution is 2.43. The van der Waals surface area contributed by atoms with Gasteiger partial charge in [0.05, 0.1) is 29.9 Å². The summed E-state index contributed by atoms with van der Waals surface area (Å²) in [6.07, 6.45) is 0. The third-order valence-electron chi connectivity index (χ3n) is 7.24. The summed E-state index contributed by atoms with van der Waals surface area (Å²) in [7, 11) is 0. The van der Waals surface area contributed by atoms with Gasteiger partial charge in [-0.05, 0) is 73.0 Å². The number of hydrogen-bond donors (Lipinski definition) is 0. The minimum atomic E-state index is 0.877. The fourth-order valence-corrected chi connectivity index (χ4v) is 6.11. The molecule has 0 aliphatic carbocycles. The van der Waals surface area contributed by atoms with Crippen molar-refractivity contribution in [1.29, 1.82) is 0 Å². The molecule has 0 saturated heterocycles. The molecule has 2 heterocycles. The summed E-state index contributed by atoms with van der Waals surface area (Å²) in [6.45, 7) is 6.16. The molecule has 192 valence electrons. The van der Waals surface area contributed by atoms with Gasteiger partial charge in [0.1, 0.15) is 5.52 Å². The number of aromatic nitrogens is 2. The van der Waals surface area contributed by atoms with Gasteiger partial charge in [-0.1, -0.05) is 92.5 Å². The second kappa shape index (κ2) is 10.9. The SMILES string of the molecule is CCN(CC)c1[nH+]c2ccc(Br)cc2c(-c2ccccc2)c1-c1cc(-c2ccccc2)c2cc(Br)ccc2n1. The van der Waals surface area contributed by atoms with E-state index in [1.54, 1.807) is 0 Å². The molecular formula is C34H28Br2N3+. The van der Waals surface area contributed by atoms with Crippen molar-refractivity contribution in [2.24, 2.45) is 0 Å². The van der Waals surface area contributed by atoms with Crippen molar-refractivity contribution < 1.29 is 4.98 Å². The number of fused-ring (bicyclic) bond motifs is 2. The summed E-state index contributed by atoms with van der Waals surface area (Å²) in [4.78, 5) is 11.5.